The maximum absolute atomic E-state index is 14.2. The van der Waals surface area contributed by atoms with E-state index in [1.54, 1.807) is 37.3 Å². The predicted molar refractivity (Wildman–Crippen MR) is 110 cm³/mol. The highest BCUT2D eigenvalue weighted by Gasteiger charge is 2.61. The molecule has 0 amide bonds. The zero-order chi connectivity index (χ0) is 22.6. The van der Waals surface area contributed by atoms with Crippen molar-refractivity contribution in [3.8, 4) is 5.75 Å². The van der Waals surface area contributed by atoms with Crippen molar-refractivity contribution in [2.45, 2.75) is 38.1 Å². The van der Waals surface area contributed by atoms with Gasteiger partial charge in [-0.15, -0.1) is 0 Å². The SMILES string of the molecule is C/C=C1/C[C@](O)(C(F)(F)F)[C@@H](Nc2cccc3nc(C)ccc23)c2ccc(F)c(O)c21. The molecule has 4 nitrogen and oxygen atoms in total. The number of allylic oxidation sites excluding steroid dienone is 1. The second-order valence-electron chi connectivity index (χ2n) is 7.68. The van der Waals surface area contributed by atoms with Gasteiger partial charge in [0.2, 0.25) is 0 Å². The van der Waals surface area contributed by atoms with Crippen molar-refractivity contribution >= 4 is 22.2 Å². The second kappa shape index (κ2) is 7.23. The number of phenols is 1. The number of pyridine rings is 1. The largest absolute Gasteiger partial charge is 0.504 e. The molecule has 3 N–H and O–H groups in total. The van der Waals surface area contributed by atoms with Crippen LogP contribution in [0.5, 0.6) is 5.75 Å². The third kappa shape index (κ3) is 3.31. The number of aryl methyl sites for hydroxylation is 1. The molecule has 1 heterocycles. The molecule has 31 heavy (non-hydrogen) atoms. The van der Waals surface area contributed by atoms with Crippen LogP contribution >= 0.6 is 0 Å². The van der Waals surface area contributed by atoms with Crippen molar-refractivity contribution in [3.63, 3.8) is 0 Å². The summed E-state index contributed by atoms with van der Waals surface area (Å²) in [6.45, 7) is 3.28. The fraction of sp³-hybridized carbons (Fsp3) is 0.261. The summed E-state index contributed by atoms with van der Waals surface area (Å²) in [5, 5.41) is 24.6. The fourth-order valence-corrected chi connectivity index (χ4v) is 4.14. The molecule has 8 heteroatoms. The van der Waals surface area contributed by atoms with Gasteiger partial charge < -0.3 is 15.5 Å². The Morgan fingerprint density at radius 2 is 1.90 bits per heavy atom. The Morgan fingerprint density at radius 1 is 1.16 bits per heavy atom. The summed E-state index contributed by atoms with van der Waals surface area (Å²) >= 11 is 0. The van der Waals surface area contributed by atoms with E-state index < -0.39 is 35.8 Å². The van der Waals surface area contributed by atoms with Gasteiger partial charge in [0.25, 0.3) is 0 Å². The topological polar surface area (TPSA) is 65.4 Å². The van der Waals surface area contributed by atoms with E-state index in [0.29, 0.717) is 16.6 Å². The maximum atomic E-state index is 14.2. The maximum Gasteiger partial charge on any atom is 0.419 e. The zero-order valence-electron chi connectivity index (χ0n) is 16.8. The number of aliphatic hydroxyl groups is 1. The van der Waals surface area contributed by atoms with Crippen molar-refractivity contribution in [2.75, 3.05) is 5.32 Å². The highest BCUT2D eigenvalue weighted by Crippen LogP contribution is 2.54. The van der Waals surface area contributed by atoms with Crippen molar-refractivity contribution in [1.82, 2.24) is 4.98 Å². The Labute approximate surface area is 175 Å². The molecule has 3 aromatic rings. The number of nitrogens with zero attached hydrogens (tertiary/aromatic N) is 1. The highest BCUT2D eigenvalue weighted by molar-refractivity contribution is 5.92. The van der Waals surface area contributed by atoms with Crippen LogP contribution in [0.15, 0.2) is 48.5 Å². The van der Waals surface area contributed by atoms with Crippen LogP contribution in [0.1, 0.15) is 36.2 Å². The van der Waals surface area contributed by atoms with E-state index in [4.69, 9.17) is 0 Å². The first kappa shape index (κ1) is 21.1. The number of hydrogen-bond acceptors (Lipinski definition) is 4. The summed E-state index contributed by atoms with van der Waals surface area (Å²) in [6.07, 6.45) is -4.49. The molecule has 162 valence electrons. The van der Waals surface area contributed by atoms with Crippen LogP contribution in [-0.2, 0) is 0 Å². The van der Waals surface area contributed by atoms with E-state index in [2.05, 4.69) is 10.3 Å². The quantitative estimate of drug-likeness (QED) is 0.459. The number of fused-ring (bicyclic) bond motifs is 2. The summed E-state index contributed by atoms with van der Waals surface area (Å²) in [5.74, 6) is -1.68. The van der Waals surface area contributed by atoms with Gasteiger partial charge in [-0.3, -0.25) is 4.98 Å². The monoisotopic (exact) mass is 432 g/mol. The van der Waals surface area contributed by atoms with Crippen LogP contribution in [0, 0.1) is 12.7 Å². The van der Waals surface area contributed by atoms with Gasteiger partial charge in [-0.05, 0) is 55.3 Å². The first-order valence-electron chi connectivity index (χ1n) is 9.65. The zero-order valence-corrected chi connectivity index (χ0v) is 16.8. The minimum absolute atomic E-state index is 0.0140. The summed E-state index contributed by atoms with van der Waals surface area (Å²) < 4.78 is 56.5. The van der Waals surface area contributed by atoms with Crippen molar-refractivity contribution in [1.29, 1.82) is 0 Å². The number of alkyl halides is 3. The van der Waals surface area contributed by atoms with Crippen LogP contribution < -0.4 is 5.32 Å². The Morgan fingerprint density at radius 3 is 2.58 bits per heavy atom. The third-order valence-corrected chi connectivity index (χ3v) is 5.74. The molecule has 0 fully saturated rings. The number of phenolic OH excluding ortho intramolecular Hbond substituents is 1. The van der Waals surface area contributed by atoms with Gasteiger partial charge in [0.15, 0.2) is 17.2 Å². The Kier molecular flexibility index (Phi) is 4.93. The predicted octanol–water partition coefficient (Wildman–Crippen LogP) is 5.64. The summed E-state index contributed by atoms with van der Waals surface area (Å²) in [5.41, 5.74) is -1.60. The lowest BCUT2D eigenvalue weighted by molar-refractivity contribution is -0.265. The third-order valence-electron chi connectivity index (χ3n) is 5.74. The molecule has 0 aliphatic heterocycles. The van der Waals surface area contributed by atoms with Crippen molar-refractivity contribution in [2.24, 2.45) is 0 Å². The number of aromatic nitrogens is 1. The van der Waals surface area contributed by atoms with E-state index >= 15 is 0 Å². The van der Waals surface area contributed by atoms with Crippen LogP contribution in [0.25, 0.3) is 16.5 Å². The van der Waals surface area contributed by atoms with E-state index in [-0.39, 0.29) is 16.7 Å². The minimum Gasteiger partial charge on any atom is -0.504 e. The van der Waals surface area contributed by atoms with Gasteiger partial charge in [0.1, 0.15) is 0 Å². The molecule has 0 spiro atoms. The molecule has 0 unspecified atom stereocenters. The van der Waals surface area contributed by atoms with E-state index in [9.17, 15) is 27.8 Å². The molecule has 0 saturated carbocycles. The van der Waals surface area contributed by atoms with E-state index in [1.807, 2.05) is 0 Å². The highest BCUT2D eigenvalue weighted by atomic mass is 19.4. The van der Waals surface area contributed by atoms with Crippen molar-refractivity contribution in [3.05, 3.63) is 71.2 Å². The standard InChI is InChI=1S/C23H20F4N2O2/c1-3-13-11-22(31,23(25,26)27)21(15-9-10-16(24)20(30)19(13)15)29-18-6-4-5-17-14(18)8-7-12(2)28-17/h3-10,21,29-31H,11H2,1-2H3/b13-3-/t21-,22+/m0/s1. The lowest BCUT2D eigenvalue weighted by Gasteiger charge is -2.44. The summed E-state index contributed by atoms with van der Waals surface area (Å²) in [7, 11) is 0. The van der Waals surface area contributed by atoms with Crippen LogP contribution in [0.2, 0.25) is 0 Å². The first-order valence-corrected chi connectivity index (χ1v) is 9.65. The Balaban J connectivity index is 1.95. The number of aromatic hydroxyl groups is 1. The summed E-state index contributed by atoms with van der Waals surface area (Å²) in [6, 6.07) is 8.80. The molecule has 0 radical (unpaired) electrons. The molecule has 2 aromatic carbocycles. The average molecular weight is 432 g/mol. The number of anilines is 1. The van der Waals surface area contributed by atoms with Crippen LogP contribution in [0.4, 0.5) is 23.2 Å². The normalized spacial score (nSPS) is 22.5. The first-order chi connectivity index (χ1) is 14.6. The van der Waals surface area contributed by atoms with Gasteiger partial charge in [0.05, 0.1) is 11.6 Å². The number of benzene rings is 2. The molecule has 1 aliphatic carbocycles. The molecule has 4 rings (SSSR count). The second-order valence-corrected chi connectivity index (χ2v) is 7.68. The minimum atomic E-state index is -5.00. The number of hydrogen-bond donors (Lipinski definition) is 3. The smallest absolute Gasteiger partial charge is 0.419 e. The van der Waals surface area contributed by atoms with Gasteiger partial charge >= 0.3 is 6.18 Å². The molecule has 2 atom stereocenters. The lowest BCUT2D eigenvalue weighted by Crippen LogP contribution is -2.54. The van der Waals surface area contributed by atoms with Gasteiger partial charge in [-0.1, -0.05) is 18.2 Å². The molecule has 1 aromatic heterocycles. The number of nitrogens with one attached hydrogen (secondary N) is 1. The van der Waals surface area contributed by atoms with Gasteiger partial charge in [0, 0.05) is 28.8 Å². The molecule has 0 bridgehead atoms. The fourth-order valence-electron chi connectivity index (χ4n) is 4.14. The summed E-state index contributed by atoms with van der Waals surface area (Å²) in [4.78, 5) is 4.39. The molecule has 1 aliphatic rings. The number of rotatable bonds is 2. The molecular formula is C23H20F4N2O2. The van der Waals surface area contributed by atoms with E-state index in [1.165, 1.54) is 13.0 Å². The number of halogens is 4. The Hall–Kier alpha value is -3.13. The van der Waals surface area contributed by atoms with Crippen LogP contribution in [-0.4, -0.2) is 27.0 Å². The Bertz CT molecular complexity index is 1210. The van der Waals surface area contributed by atoms with Crippen LogP contribution in [0.3, 0.4) is 0 Å². The van der Waals surface area contributed by atoms with Gasteiger partial charge in [-0.2, -0.15) is 13.2 Å². The van der Waals surface area contributed by atoms with E-state index in [0.717, 1.165) is 17.8 Å². The van der Waals surface area contributed by atoms with Crippen molar-refractivity contribution < 1.29 is 27.8 Å². The lowest BCUT2D eigenvalue weighted by atomic mass is 9.72. The molecule has 0 saturated heterocycles. The average Bonchev–Trinajstić information content (AvgIpc) is 2.71. The molecular weight excluding hydrogens is 412 g/mol. The van der Waals surface area contributed by atoms with Gasteiger partial charge in [-0.25, -0.2) is 4.39 Å².